The van der Waals surface area contributed by atoms with E-state index in [1.807, 2.05) is 0 Å². The van der Waals surface area contributed by atoms with Gasteiger partial charge < -0.3 is 0 Å². The van der Waals surface area contributed by atoms with Crippen LogP contribution in [-0.4, -0.2) is 8.42 Å². The molecule has 0 bridgehead atoms. The predicted octanol–water partition coefficient (Wildman–Crippen LogP) is 1.98. The van der Waals surface area contributed by atoms with E-state index in [0.717, 1.165) is 6.07 Å². The van der Waals surface area contributed by atoms with E-state index in [4.69, 9.17) is 5.26 Å². The van der Waals surface area contributed by atoms with Crippen LogP contribution in [0.5, 0.6) is 0 Å². The third kappa shape index (κ3) is 2.26. The van der Waals surface area contributed by atoms with Gasteiger partial charge in [0.15, 0.2) is 0 Å². The average molecular weight is 264 g/mol. The minimum atomic E-state index is -4.71. The molecule has 0 N–H and O–H groups in total. The minimum absolute atomic E-state index is 0.0500. The molecule has 0 spiro atoms. The SMILES string of the molecule is N#Cc1ccc(S(=O)(=O)F)c(Br)c1. The molecule has 0 fully saturated rings. The summed E-state index contributed by atoms with van der Waals surface area (Å²) in [4.78, 5) is -0.466. The van der Waals surface area contributed by atoms with Crippen LogP contribution in [-0.2, 0) is 10.2 Å². The first-order valence-corrected chi connectivity index (χ1v) is 5.27. The van der Waals surface area contributed by atoms with Gasteiger partial charge in [0.05, 0.1) is 11.6 Å². The van der Waals surface area contributed by atoms with E-state index >= 15 is 0 Å². The van der Waals surface area contributed by atoms with E-state index in [9.17, 15) is 12.3 Å². The van der Waals surface area contributed by atoms with Gasteiger partial charge in [-0.15, -0.1) is 3.89 Å². The second-order valence-electron chi connectivity index (χ2n) is 2.19. The molecule has 0 saturated carbocycles. The highest BCUT2D eigenvalue weighted by Crippen LogP contribution is 2.24. The number of nitrogens with zero attached hydrogens (tertiary/aromatic N) is 1. The Morgan fingerprint density at radius 3 is 2.46 bits per heavy atom. The molecular formula is C7H3BrFNO2S. The molecule has 13 heavy (non-hydrogen) atoms. The number of benzene rings is 1. The molecule has 1 rings (SSSR count). The van der Waals surface area contributed by atoms with E-state index in [1.54, 1.807) is 6.07 Å². The van der Waals surface area contributed by atoms with Crippen LogP contribution in [0.15, 0.2) is 27.6 Å². The summed E-state index contributed by atoms with van der Waals surface area (Å²) in [5, 5.41) is 8.44. The lowest BCUT2D eigenvalue weighted by Gasteiger charge is -1.98. The Morgan fingerprint density at radius 1 is 1.46 bits per heavy atom. The molecule has 0 unspecified atom stereocenters. The van der Waals surface area contributed by atoms with Crippen LogP contribution in [0.4, 0.5) is 3.89 Å². The Kier molecular flexibility index (Phi) is 2.68. The fourth-order valence-corrected chi connectivity index (χ4v) is 2.25. The van der Waals surface area contributed by atoms with Crippen LogP contribution < -0.4 is 0 Å². The van der Waals surface area contributed by atoms with Gasteiger partial charge in [-0.05, 0) is 34.1 Å². The van der Waals surface area contributed by atoms with Crippen LogP contribution in [0.3, 0.4) is 0 Å². The molecule has 1 aromatic rings. The van der Waals surface area contributed by atoms with Gasteiger partial charge in [-0.1, -0.05) is 0 Å². The standard InChI is InChI=1S/C7H3BrFNO2S/c8-6-3-5(4-10)1-2-7(6)13(9,11)12/h1-3H. The monoisotopic (exact) mass is 263 g/mol. The van der Waals surface area contributed by atoms with Gasteiger partial charge in [0.25, 0.3) is 0 Å². The third-order valence-electron chi connectivity index (χ3n) is 1.32. The van der Waals surface area contributed by atoms with E-state index in [1.165, 1.54) is 12.1 Å². The van der Waals surface area contributed by atoms with Crippen LogP contribution >= 0.6 is 15.9 Å². The lowest BCUT2D eigenvalue weighted by atomic mass is 10.2. The second-order valence-corrected chi connectivity index (χ2v) is 4.36. The van der Waals surface area contributed by atoms with Crippen LogP contribution in [0.1, 0.15) is 5.56 Å². The topological polar surface area (TPSA) is 57.9 Å². The maximum absolute atomic E-state index is 12.5. The first-order chi connectivity index (χ1) is 5.95. The van der Waals surface area contributed by atoms with Crippen molar-refractivity contribution in [3.63, 3.8) is 0 Å². The summed E-state index contributed by atoms with van der Waals surface area (Å²) in [7, 11) is -4.71. The van der Waals surface area contributed by atoms with E-state index in [0.29, 0.717) is 0 Å². The summed E-state index contributed by atoms with van der Waals surface area (Å²) >= 11 is 2.85. The van der Waals surface area contributed by atoms with Crippen molar-refractivity contribution < 1.29 is 12.3 Å². The van der Waals surface area contributed by atoms with Crippen molar-refractivity contribution in [3.8, 4) is 6.07 Å². The highest BCUT2D eigenvalue weighted by atomic mass is 79.9. The molecule has 0 aliphatic rings. The largest absolute Gasteiger partial charge is 0.333 e. The zero-order valence-electron chi connectivity index (χ0n) is 6.16. The molecule has 0 aliphatic heterocycles. The number of rotatable bonds is 1. The predicted molar refractivity (Wildman–Crippen MR) is 47.2 cm³/mol. The maximum Gasteiger partial charge on any atom is 0.333 e. The average Bonchev–Trinajstić information content (AvgIpc) is 2.01. The van der Waals surface area contributed by atoms with Crippen LogP contribution in [0, 0.1) is 11.3 Å². The Balaban J connectivity index is 3.40. The quantitative estimate of drug-likeness (QED) is 0.728. The number of halogens is 2. The summed E-state index contributed by atoms with van der Waals surface area (Å²) in [6.07, 6.45) is 0. The van der Waals surface area contributed by atoms with Gasteiger partial charge in [-0.25, -0.2) is 0 Å². The van der Waals surface area contributed by atoms with Gasteiger partial charge in [0.1, 0.15) is 4.90 Å². The zero-order chi connectivity index (χ0) is 10.1. The van der Waals surface area contributed by atoms with Crippen molar-refractivity contribution in [2.45, 2.75) is 4.90 Å². The van der Waals surface area contributed by atoms with Crippen molar-refractivity contribution in [1.82, 2.24) is 0 Å². The number of nitriles is 1. The number of hydrogen-bond acceptors (Lipinski definition) is 3. The van der Waals surface area contributed by atoms with Crippen molar-refractivity contribution in [1.29, 1.82) is 5.26 Å². The van der Waals surface area contributed by atoms with Gasteiger partial charge >= 0.3 is 10.2 Å². The summed E-state index contributed by atoms with van der Waals surface area (Å²) in [5.41, 5.74) is 0.263. The third-order valence-corrected chi connectivity index (χ3v) is 3.12. The Morgan fingerprint density at radius 2 is 2.08 bits per heavy atom. The van der Waals surface area contributed by atoms with Crippen molar-refractivity contribution in [2.75, 3.05) is 0 Å². The molecule has 3 nitrogen and oxygen atoms in total. The van der Waals surface area contributed by atoms with E-state index < -0.39 is 15.1 Å². The maximum atomic E-state index is 12.5. The fraction of sp³-hybridized carbons (Fsp3) is 0. The highest BCUT2D eigenvalue weighted by molar-refractivity contribution is 9.10. The Labute approximate surface area is 83.1 Å². The van der Waals surface area contributed by atoms with Crippen LogP contribution in [0.25, 0.3) is 0 Å². The smallest absolute Gasteiger partial charge is 0.192 e. The minimum Gasteiger partial charge on any atom is -0.192 e. The molecule has 0 atom stereocenters. The molecular weight excluding hydrogens is 261 g/mol. The molecule has 0 heterocycles. The van der Waals surface area contributed by atoms with Crippen LogP contribution in [0.2, 0.25) is 0 Å². The lowest BCUT2D eigenvalue weighted by Crippen LogP contribution is -1.93. The van der Waals surface area contributed by atoms with Crippen molar-refractivity contribution in [3.05, 3.63) is 28.2 Å². The number of hydrogen-bond donors (Lipinski definition) is 0. The molecule has 1 aromatic carbocycles. The van der Waals surface area contributed by atoms with Gasteiger partial charge in [-0.2, -0.15) is 13.7 Å². The van der Waals surface area contributed by atoms with Gasteiger partial charge in [0.2, 0.25) is 0 Å². The summed E-state index contributed by atoms with van der Waals surface area (Å²) in [6, 6.07) is 5.31. The molecule has 0 saturated heterocycles. The Hall–Kier alpha value is -0.930. The zero-order valence-corrected chi connectivity index (χ0v) is 8.56. The summed E-state index contributed by atoms with van der Waals surface area (Å²) in [6.45, 7) is 0. The second kappa shape index (κ2) is 3.44. The normalized spacial score (nSPS) is 10.8. The fourth-order valence-electron chi connectivity index (χ4n) is 0.768. The molecule has 6 heteroatoms. The first-order valence-electron chi connectivity index (χ1n) is 3.09. The highest BCUT2D eigenvalue weighted by Gasteiger charge is 2.15. The molecule has 68 valence electrons. The summed E-state index contributed by atoms with van der Waals surface area (Å²) < 4.78 is 33.5. The summed E-state index contributed by atoms with van der Waals surface area (Å²) in [5.74, 6) is 0. The van der Waals surface area contributed by atoms with Gasteiger partial charge in [0, 0.05) is 4.47 Å². The lowest BCUT2D eigenvalue weighted by molar-refractivity contribution is 0.551. The Bertz CT molecular complexity index is 478. The van der Waals surface area contributed by atoms with E-state index in [-0.39, 0.29) is 10.0 Å². The first kappa shape index (κ1) is 10.2. The molecule has 0 amide bonds. The molecule has 0 aromatic heterocycles. The molecule has 0 aliphatic carbocycles. The molecule has 0 radical (unpaired) electrons. The van der Waals surface area contributed by atoms with Crippen molar-refractivity contribution >= 4 is 26.2 Å². The van der Waals surface area contributed by atoms with E-state index in [2.05, 4.69) is 15.9 Å². The van der Waals surface area contributed by atoms with Gasteiger partial charge in [-0.3, -0.25) is 0 Å². The van der Waals surface area contributed by atoms with Crippen molar-refractivity contribution in [2.24, 2.45) is 0 Å².